The van der Waals surface area contributed by atoms with Crippen LogP contribution in [-0.2, 0) is 4.74 Å². The van der Waals surface area contributed by atoms with Crippen molar-refractivity contribution in [2.75, 3.05) is 6.61 Å². The number of hydrogen-bond acceptors (Lipinski definition) is 2. The molecule has 1 aliphatic rings. The van der Waals surface area contributed by atoms with Crippen LogP contribution in [0.4, 0.5) is 0 Å². The third-order valence-corrected chi connectivity index (χ3v) is 4.96. The summed E-state index contributed by atoms with van der Waals surface area (Å²) < 4.78 is 5.72. The highest BCUT2D eigenvalue weighted by atomic mass is 35.5. The van der Waals surface area contributed by atoms with E-state index in [1.807, 2.05) is 11.3 Å². The van der Waals surface area contributed by atoms with Gasteiger partial charge < -0.3 is 4.74 Å². The molecular formula is C13H19ClOS. The Morgan fingerprint density at radius 3 is 2.88 bits per heavy atom. The standard InChI is InChI=1S/C13H19ClOS/c1-4-12-10(5-6-15-12)13(14)11-7-8(2)16-9(11)3/h7,10,12-13H,4-6H2,1-3H3. The Morgan fingerprint density at radius 2 is 2.31 bits per heavy atom. The lowest BCUT2D eigenvalue weighted by Gasteiger charge is -2.22. The van der Waals surface area contributed by atoms with E-state index in [2.05, 4.69) is 26.8 Å². The van der Waals surface area contributed by atoms with Crippen LogP contribution in [0, 0.1) is 19.8 Å². The predicted molar refractivity (Wildman–Crippen MR) is 70.5 cm³/mol. The molecule has 2 rings (SSSR count). The Morgan fingerprint density at radius 1 is 1.56 bits per heavy atom. The Labute approximate surface area is 107 Å². The lowest BCUT2D eigenvalue weighted by Crippen LogP contribution is -2.19. The molecule has 0 N–H and O–H groups in total. The zero-order chi connectivity index (χ0) is 11.7. The summed E-state index contributed by atoms with van der Waals surface area (Å²) >= 11 is 8.47. The fourth-order valence-corrected chi connectivity index (χ4v) is 4.13. The number of aryl methyl sites for hydroxylation is 2. The fraction of sp³-hybridized carbons (Fsp3) is 0.692. The largest absolute Gasteiger partial charge is 0.378 e. The second kappa shape index (κ2) is 5.07. The van der Waals surface area contributed by atoms with Gasteiger partial charge in [0.05, 0.1) is 11.5 Å². The lowest BCUT2D eigenvalue weighted by molar-refractivity contribution is 0.0864. The molecule has 1 nitrogen and oxygen atoms in total. The summed E-state index contributed by atoms with van der Waals surface area (Å²) in [5.41, 5.74) is 1.32. The van der Waals surface area contributed by atoms with Gasteiger partial charge in [-0.25, -0.2) is 0 Å². The van der Waals surface area contributed by atoms with Crippen molar-refractivity contribution < 1.29 is 4.74 Å². The molecule has 2 heterocycles. The summed E-state index contributed by atoms with van der Waals surface area (Å²) in [5, 5.41) is 0.123. The minimum atomic E-state index is 0.123. The van der Waals surface area contributed by atoms with E-state index in [-0.39, 0.29) is 5.38 Å². The monoisotopic (exact) mass is 258 g/mol. The molecule has 90 valence electrons. The van der Waals surface area contributed by atoms with Gasteiger partial charge in [0.15, 0.2) is 0 Å². The van der Waals surface area contributed by atoms with Crippen LogP contribution >= 0.6 is 22.9 Å². The topological polar surface area (TPSA) is 9.23 Å². The molecule has 0 aliphatic carbocycles. The molecule has 1 aromatic rings. The Bertz CT molecular complexity index is 361. The molecular weight excluding hydrogens is 240 g/mol. The highest BCUT2D eigenvalue weighted by Crippen LogP contribution is 2.42. The number of rotatable bonds is 3. The number of ether oxygens (including phenoxy) is 1. The van der Waals surface area contributed by atoms with Gasteiger partial charge in [-0.15, -0.1) is 22.9 Å². The van der Waals surface area contributed by atoms with Crippen molar-refractivity contribution in [1.82, 2.24) is 0 Å². The quantitative estimate of drug-likeness (QED) is 0.728. The zero-order valence-corrected chi connectivity index (χ0v) is 11.7. The van der Waals surface area contributed by atoms with Crippen molar-refractivity contribution in [1.29, 1.82) is 0 Å². The molecule has 3 atom stereocenters. The van der Waals surface area contributed by atoms with Crippen molar-refractivity contribution >= 4 is 22.9 Å². The molecule has 1 aromatic heterocycles. The van der Waals surface area contributed by atoms with Crippen LogP contribution in [-0.4, -0.2) is 12.7 Å². The summed E-state index contributed by atoms with van der Waals surface area (Å²) in [6, 6.07) is 2.24. The van der Waals surface area contributed by atoms with Crippen molar-refractivity contribution in [2.45, 2.75) is 45.1 Å². The summed E-state index contributed by atoms with van der Waals surface area (Å²) in [5.74, 6) is 0.486. The molecule has 3 heteroatoms. The van der Waals surface area contributed by atoms with Gasteiger partial charge in [0.2, 0.25) is 0 Å². The maximum Gasteiger partial charge on any atom is 0.0649 e. The Balaban J connectivity index is 2.18. The molecule has 1 fully saturated rings. The van der Waals surface area contributed by atoms with Crippen LogP contribution in [0.3, 0.4) is 0 Å². The first-order chi connectivity index (χ1) is 7.63. The zero-order valence-electron chi connectivity index (χ0n) is 10.1. The summed E-state index contributed by atoms with van der Waals surface area (Å²) in [7, 11) is 0. The second-order valence-corrected chi connectivity index (χ2v) is 6.47. The molecule has 0 spiro atoms. The van der Waals surface area contributed by atoms with E-state index >= 15 is 0 Å². The van der Waals surface area contributed by atoms with Crippen LogP contribution in [0.1, 0.15) is 40.5 Å². The average Bonchev–Trinajstić information content (AvgIpc) is 2.83. The maximum absolute atomic E-state index is 6.63. The van der Waals surface area contributed by atoms with Gasteiger partial charge >= 0.3 is 0 Å². The van der Waals surface area contributed by atoms with Crippen molar-refractivity contribution in [2.24, 2.45) is 5.92 Å². The van der Waals surface area contributed by atoms with Crippen molar-refractivity contribution in [3.05, 3.63) is 21.4 Å². The number of hydrogen-bond donors (Lipinski definition) is 0. The highest BCUT2D eigenvalue weighted by Gasteiger charge is 2.34. The van der Waals surface area contributed by atoms with Crippen LogP contribution in [0.5, 0.6) is 0 Å². The molecule has 1 aliphatic heterocycles. The summed E-state index contributed by atoms with van der Waals surface area (Å²) in [6.45, 7) is 7.36. The summed E-state index contributed by atoms with van der Waals surface area (Å²) in [4.78, 5) is 2.71. The maximum atomic E-state index is 6.63. The average molecular weight is 259 g/mol. The van der Waals surface area contributed by atoms with Gasteiger partial charge in [0, 0.05) is 22.3 Å². The lowest BCUT2D eigenvalue weighted by atomic mass is 9.91. The van der Waals surface area contributed by atoms with E-state index in [4.69, 9.17) is 16.3 Å². The molecule has 16 heavy (non-hydrogen) atoms. The van der Waals surface area contributed by atoms with Gasteiger partial charge in [-0.2, -0.15) is 0 Å². The molecule has 0 aromatic carbocycles. The Hall–Kier alpha value is -0.0500. The van der Waals surface area contributed by atoms with Gasteiger partial charge in [-0.05, 0) is 38.3 Å². The SMILES string of the molecule is CCC1OCCC1C(Cl)c1cc(C)sc1C. The normalized spacial score (nSPS) is 27.2. The third-order valence-electron chi connectivity index (χ3n) is 3.42. The van der Waals surface area contributed by atoms with Gasteiger partial charge in [0.1, 0.15) is 0 Å². The molecule has 0 radical (unpaired) electrons. The molecule has 3 unspecified atom stereocenters. The van der Waals surface area contributed by atoms with E-state index < -0.39 is 0 Å². The molecule has 0 bridgehead atoms. The van der Waals surface area contributed by atoms with E-state index in [9.17, 15) is 0 Å². The van der Waals surface area contributed by atoms with Gasteiger partial charge in [-0.1, -0.05) is 6.92 Å². The first kappa shape index (κ1) is 12.4. The number of thiophene rings is 1. The van der Waals surface area contributed by atoms with Gasteiger partial charge in [0.25, 0.3) is 0 Å². The van der Waals surface area contributed by atoms with Crippen LogP contribution < -0.4 is 0 Å². The van der Waals surface area contributed by atoms with E-state index in [1.54, 1.807) is 0 Å². The molecule has 0 amide bonds. The van der Waals surface area contributed by atoms with Crippen LogP contribution in [0.15, 0.2) is 6.07 Å². The molecule has 1 saturated heterocycles. The number of alkyl halides is 1. The van der Waals surface area contributed by atoms with Crippen LogP contribution in [0.25, 0.3) is 0 Å². The first-order valence-electron chi connectivity index (χ1n) is 5.96. The van der Waals surface area contributed by atoms with E-state index in [1.165, 1.54) is 15.3 Å². The van der Waals surface area contributed by atoms with Crippen molar-refractivity contribution in [3.8, 4) is 0 Å². The fourth-order valence-electron chi connectivity index (χ4n) is 2.58. The Kier molecular flexibility index (Phi) is 3.93. The smallest absolute Gasteiger partial charge is 0.0649 e. The summed E-state index contributed by atoms with van der Waals surface area (Å²) in [6.07, 6.45) is 2.51. The predicted octanol–water partition coefficient (Wildman–Crippen LogP) is 4.46. The molecule has 0 saturated carbocycles. The number of halogens is 1. The first-order valence-corrected chi connectivity index (χ1v) is 7.21. The van der Waals surface area contributed by atoms with Crippen LogP contribution in [0.2, 0.25) is 0 Å². The van der Waals surface area contributed by atoms with E-state index in [0.29, 0.717) is 12.0 Å². The minimum absolute atomic E-state index is 0.123. The highest BCUT2D eigenvalue weighted by molar-refractivity contribution is 7.12. The van der Waals surface area contributed by atoms with E-state index in [0.717, 1.165) is 19.4 Å². The minimum Gasteiger partial charge on any atom is -0.378 e. The second-order valence-electron chi connectivity index (χ2n) is 4.54. The van der Waals surface area contributed by atoms with Gasteiger partial charge in [-0.3, -0.25) is 0 Å². The van der Waals surface area contributed by atoms with Crippen molar-refractivity contribution in [3.63, 3.8) is 0 Å². The third kappa shape index (κ3) is 2.29.